The van der Waals surface area contributed by atoms with Crippen LogP contribution in [0.5, 0.6) is 5.75 Å². The first kappa shape index (κ1) is 24.0. The fourth-order valence-corrected chi connectivity index (χ4v) is 5.53. The van der Waals surface area contributed by atoms with E-state index in [1.807, 2.05) is 13.8 Å². The second-order valence-electron chi connectivity index (χ2n) is 9.65. The molecule has 0 saturated heterocycles. The number of methoxy groups -OCH3 is 1. The number of dihydropyridines is 1. The molecule has 182 valence electrons. The van der Waals surface area contributed by atoms with Gasteiger partial charge in [0.15, 0.2) is 5.78 Å². The molecule has 7 nitrogen and oxygen atoms in total. The highest BCUT2D eigenvalue weighted by Gasteiger charge is 2.47. The molecule has 1 aromatic carbocycles. The van der Waals surface area contributed by atoms with Crippen LogP contribution in [-0.4, -0.2) is 36.0 Å². The lowest BCUT2D eigenvalue weighted by atomic mass is 9.69. The quantitative estimate of drug-likeness (QED) is 0.387. The SMILES string of the molecule is COC(=O)[C@@H]1C(=O)C2=C(C[C@@H]1C)NC(C)=C(C(=O)OC1CCCCCC1)[C@H]2c1ccc(O)cc1. The van der Waals surface area contributed by atoms with Gasteiger partial charge < -0.3 is 19.9 Å². The molecule has 0 spiro atoms. The van der Waals surface area contributed by atoms with Crippen molar-refractivity contribution in [3.63, 3.8) is 0 Å². The normalized spacial score (nSPS) is 25.9. The summed E-state index contributed by atoms with van der Waals surface area (Å²) in [5.41, 5.74) is 2.83. The molecule has 2 N–H and O–H groups in total. The van der Waals surface area contributed by atoms with Crippen LogP contribution in [-0.2, 0) is 23.9 Å². The van der Waals surface area contributed by atoms with E-state index >= 15 is 0 Å². The fourth-order valence-electron chi connectivity index (χ4n) is 5.53. The second kappa shape index (κ2) is 10.0. The number of nitrogens with one attached hydrogen (secondary N) is 1. The number of rotatable bonds is 4. The third-order valence-electron chi connectivity index (χ3n) is 7.27. The van der Waals surface area contributed by atoms with Crippen LogP contribution < -0.4 is 5.32 Å². The molecule has 4 rings (SSSR count). The summed E-state index contributed by atoms with van der Waals surface area (Å²) >= 11 is 0. The topological polar surface area (TPSA) is 102 Å². The van der Waals surface area contributed by atoms with Gasteiger partial charge in [-0.1, -0.05) is 31.9 Å². The standard InChI is InChI=1S/C27H33NO6/c1-15-14-20-24(25(30)21(15)26(31)33-3)23(17-10-12-18(29)13-11-17)22(16(2)28-20)27(32)34-19-8-6-4-5-7-9-19/h10-13,15,19,21,23,28-29H,4-9,14H2,1-3H3/t15-,21-,23+/m0/s1. The van der Waals surface area contributed by atoms with Gasteiger partial charge in [0.25, 0.3) is 0 Å². The van der Waals surface area contributed by atoms with Crippen molar-refractivity contribution in [1.82, 2.24) is 5.32 Å². The van der Waals surface area contributed by atoms with Crippen molar-refractivity contribution in [3.8, 4) is 5.75 Å². The molecule has 2 aliphatic carbocycles. The summed E-state index contributed by atoms with van der Waals surface area (Å²) in [5.74, 6) is -3.11. The van der Waals surface area contributed by atoms with E-state index in [1.165, 1.54) is 19.2 Å². The van der Waals surface area contributed by atoms with Crippen molar-refractivity contribution < 1.29 is 29.0 Å². The number of ether oxygens (including phenoxy) is 2. The second-order valence-corrected chi connectivity index (χ2v) is 9.65. The maximum atomic E-state index is 13.7. The summed E-state index contributed by atoms with van der Waals surface area (Å²) < 4.78 is 10.9. The van der Waals surface area contributed by atoms with Crippen LogP contribution in [0, 0.1) is 11.8 Å². The molecular formula is C27H33NO6. The summed E-state index contributed by atoms with van der Waals surface area (Å²) in [6.07, 6.45) is 6.36. The lowest BCUT2D eigenvalue weighted by molar-refractivity contribution is -0.151. The molecule has 7 heteroatoms. The summed E-state index contributed by atoms with van der Waals surface area (Å²) in [5, 5.41) is 13.1. The number of hydrogen-bond acceptors (Lipinski definition) is 7. The molecule has 0 unspecified atom stereocenters. The molecule has 34 heavy (non-hydrogen) atoms. The van der Waals surface area contributed by atoms with Gasteiger partial charge in [0.05, 0.1) is 12.7 Å². The number of hydrogen-bond donors (Lipinski definition) is 2. The van der Waals surface area contributed by atoms with Crippen molar-refractivity contribution in [2.45, 2.75) is 70.8 Å². The van der Waals surface area contributed by atoms with Crippen LogP contribution in [0.25, 0.3) is 0 Å². The molecule has 3 atom stereocenters. The Morgan fingerprint density at radius 2 is 1.71 bits per heavy atom. The molecule has 0 radical (unpaired) electrons. The van der Waals surface area contributed by atoms with E-state index in [1.54, 1.807) is 12.1 Å². The highest BCUT2D eigenvalue weighted by atomic mass is 16.5. The van der Waals surface area contributed by atoms with E-state index in [-0.39, 0.29) is 23.6 Å². The number of allylic oxidation sites excluding steroid dienone is 3. The van der Waals surface area contributed by atoms with Crippen LogP contribution in [0.1, 0.15) is 70.3 Å². The third kappa shape index (κ3) is 4.61. The zero-order chi connectivity index (χ0) is 24.4. The van der Waals surface area contributed by atoms with E-state index in [4.69, 9.17) is 9.47 Å². The van der Waals surface area contributed by atoms with Gasteiger partial charge in [0.2, 0.25) is 0 Å². The van der Waals surface area contributed by atoms with E-state index < -0.39 is 23.8 Å². The lowest BCUT2D eigenvalue weighted by Gasteiger charge is -2.38. The Balaban J connectivity index is 1.76. The summed E-state index contributed by atoms with van der Waals surface area (Å²) in [6.45, 7) is 3.68. The molecule has 1 aliphatic heterocycles. The number of ketones is 1. The number of esters is 2. The van der Waals surface area contributed by atoms with Gasteiger partial charge in [-0.25, -0.2) is 4.79 Å². The van der Waals surface area contributed by atoms with E-state index in [0.29, 0.717) is 28.8 Å². The molecule has 1 aromatic rings. The Morgan fingerprint density at radius 1 is 1.06 bits per heavy atom. The van der Waals surface area contributed by atoms with Gasteiger partial charge in [-0.05, 0) is 62.6 Å². The molecule has 1 heterocycles. The van der Waals surface area contributed by atoms with Crippen molar-refractivity contribution in [2.24, 2.45) is 11.8 Å². The predicted molar refractivity (Wildman–Crippen MR) is 126 cm³/mol. The number of phenolic OH excluding ortho intramolecular Hbond substituents is 1. The number of carbonyl (C=O) groups excluding carboxylic acids is 3. The van der Waals surface area contributed by atoms with Crippen LogP contribution in [0.3, 0.4) is 0 Å². The van der Waals surface area contributed by atoms with E-state index in [0.717, 1.165) is 44.2 Å². The summed E-state index contributed by atoms with van der Waals surface area (Å²) in [6, 6.07) is 6.49. The molecule has 3 aliphatic rings. The van der Waals surface area contributed by atoms with Gasteiger partial charge >= 0.3 is 11.9 Å². The summed E-state index contributed by atoms with van der Waals surface area (Å²) in [7, 11) is 1.28. The van der Waals surface area contributed by atoms with Crippen molar-refractivity contribution >= 4 is 17.7 Å². The highest BCUT2D eigenvalue weighted by Crippen LogP contribution is 2.45. The maximum absolute atomic E-state index is 13.7. The minimum atomic E-state index is -0.928. The number of aromatic hydroxyl groups is 1. The van der Waals surface area contributed by atoms with E-state index in [2.05, 4.69) is 5.32 Å². The predicted octanol–water partition coefficient (Wildman–Crippen LogP) is 4.27. The molecule has 1 fully saturated rings. The van der Waals surface area contributed by atoms with Gasteiger partial charge in [0.1, 0.15) is 17.8 Å². The number of Topliss-reactive ketones (excluding diaryl/α,β-unsaturated/α-hetero) is 1. The molecular weight excluding hydrogens is 434 g/mol. The number of carbonyl (C=O) groups is 3. The Bertz CT molecular complexity index is 1030. The smallest absolute Gasteiger partial charge is 0.337 e. The minimum Gasteiger partial charge on any atom is -0.508 e. The number of benzene rings is 1. The zero-order valence-electron chi connectivity index (χ0n) is 20.1. The first-order valence-electron chi connectivity index (χ1n) is 12.1. The number of phenols is 1. The van der Waals surface area contributed by atoms with E-state index in [9.17, 15) is 19.5 Å². The first-order valence-corrected chi connectivity index (χ1v) is 12.1. The van der Waals surface area contributed by atoms with Gasteiger partial charge in [0, 0.05) is 22.9 Å². The average Bonchev–Trinajstić information content (AvgIpc) is 3.07. The molecule has 1 saturated carbocycles. The summed E-state index contributed by atoms with van der Waals surface area (Å²) in [4.78, 5) is 39.8. The van der Waals surface area contributed by atoms with Crippen LogP contribution in [0.15, 0.2) is 46.8 Å². The minimum absolute atomic E-state index is 0.0891. The molecule has 0 amide bonds. The maximum Gasteiger partial charge on any atom is 0.337 e. The van der Waals surface area contributed by atoms with Crippen molar-refractivity contribution in [3.05, 3.63) is 52.4 Å². The Kier molecular flexibility index (Phi) is 7.10. The van der Waals surface area contributed by atoms with Crippen LogP contribution in [0.2, 0.25) is 0 Å². The molecule has 0 aromatic heterocycles. The Morgan fingerprint density at radius 3 is 2.32 bits per heavy atom. The Hall–Kier alpha value is -3.09. The van der Waals surface area contributed by atoms with Crippen LogP contribution >= 0.6 is 0 Å². The monoisotopic (exact) mass is 467 g/mol. The highest BCUT2D eigenvalue weighted by molar-refractivity contribution is 6.12. The van der Waals surface area contributed by atoms with Crippen molar-refractivity contribution in [2.75, 3.05) is 7.11 Å². The Labute approximate surface area is 200 Å². The van der Waals surface area contributed by atoms with Crippen LogP contribution in [0.4, 0.5) is 0 Å². The van der Waals surface area contributed by atoms with Gasteiger partial charge in [-0.3, -0.25) is 9.59 Å². The van der Waals surface area contributed by atoms with Crippen molar-refractivity contribution in [1.29, 1.82) is 0 Å². The third-order valence-corrected chi connectivity index (χ3v) is 7.27. The zero-order valence-corrected chi connectivity index (χ0v) is 20.1. The van der Waals surface area contributed by atoms with Gasteiger partial charge in [-0.2, -0.15) is 0 Å². The van der Waals surface area contributed by atoms with Gasteiger partial charge in [-0.15, -0.1) is 0 Å². The first-order chi connectivity index (χ1) is 16.3. The fraction of sp³-hybridized carbons (Fsp3) is 0.519. The largest absolute Gasteiger partial charge is 0.508 e. The lowest BCUT2D eigenvalue weighted by Crippen LogP contribution is -2.43. The molecule has 0 bridgehead atoms. The average molecular weight is 468 g/mol.